The third-order valence-corrected chi connectivity index (χ3v) is 4.54. The Morgan fingerprint density at radius 3 is 2.38 bits per heavy atom. The summed E-state index contributed by atoms with van der Waals surface area (Å²) in [7, 11) is 0. The standard InChI is InChI=1S/C20H23N/c1-13(11-15(3)21)5-4-6-14(2)16-7-9-17(10-8-16)20-18-12-19(18)20/h4-11,18-20H,3,12,21H2,1-2H3/b5-4-,13-11+,14-6+. The molecule has 0 aliphatic heterocycles. The first-order chi connectivity index (χ1) is 10.1. The van der Waals surface area contributed by atoms with Crippen LogP contribution in [-0.2, 0) is 0 Å². The van der Waals surface area contributed by atoms with Crippen LogP contribution in [0.5, 0.6) is 0 Å². The van der Waals surface area contributed by atoms with Gasteiger partial charge >= 0.3 is 0 Å². The molecule has 0 spiro atoms. The molecule has 0 aromatic heterocycles. The van der Waals surface area contributed by atoms with E-state index in [0.717, 1.165) is 23.3 Å². The van der Waals surface area contributed by atoms with Crippen LogP contribution in [0.3, 0.4) is 0 Å². The van der Waals surface area contributed by atoms with Gasteiger partial charge in [0.05, 0.1) is 0 Å². The molecule has 1 heteroatoms. The van der Waals surface area contributed by atoms with Crippen molar-refractivity contribution in [2.75, 3.05) is 0 Å². The molecule has 0 bridgehead atoms. The third kappa shape index (κ3) is 3.18. The fourth-order valence-corrected chi connectivity index (χ4v) is 3.02. The number of benzene rings is 1. The lowest BCUT2D eigenvalue weighted by molar-refractivity contribution is 0.778. The van der Waals surface area contributed by atoms with Crippen LogP contribution in [-0.4, -0.2) is 0 Å². The lowest BCUT2D eigenvalue weighted by Gasteiger charge is -2.06. The maximum Gasteiger partial charge on any atom is 0.0243 e. The van der Waals surface area contributed by atoms with Crippen LogP contribution in [0, 0.1) is 11.8 Å². The predicted molar refractivity (Wildman–Crippen MR) is 90.7 cm³/mol. The maximum atomic E-state index is 5.55. The van der Waals surface area contributed by atoms with Crippen molar-refractivity contribution in [1.82, 2.24) is 0 Å². The van der Waals surface area contributed by atoms with Gasteiger partial charge in [0.25, 0.3) is 0 Å². The molecule has 2 aliphatic carbocycles. The smallest absolute Gasteiger partial charge is 0.0243 e. The Morgan fingerprint density at radius 2 is 1.86 bits per heavy atom. The summed E-state index contributed by atoms with van der Waals surface area (Å²) in [6.45, 7) is 7.84. The van der Waals surface area contributed by atoms with Crippen LogP contribution in [0.15, 0.2) is 66.4 Å². The van der Waals surface area contributed by atoms with Crippen LogP contribution in [0.2, 0.25) is 0 Å². The first-order valence-corrected chi connectivity index (χ1v) is 7.64. The number of fused-ring (bicyclic) bond motifs is 1. The average Bonchev–Trinajstić information content (AvgIpc) is 3.29. The molecule has 3 rings (SSSR count). The van der Waals surface area contributed by atoms with Crippen LogP contribution in [0.4, 0.5) is 0 Å². The fourth-order valence-electron chi connectivity index (χ4n) is 3.02. The Bertz CT molecular complexity index is 635. The Morgan fingerprint density at radius 1 is 1.19 bits per heavy atom. The Hall–Kier alpha value is -2.02. The van der Waals surface area contributed by atoms with E-state index in [1.54, 1.807) is 0 Å². The van der Waals surface area contributed by atoms with Gasteiger partial charge < -0.3 is 5.73 Å². The first kappa shape index (κ1) is 13.9. The zero-order chi connectivity index (χ0) is 15.0. The van der Waals surface area contributed by atoms with E-state index in [0.29, 0.717) is 5.70 Å². The van der Waals surface area contributed by atoms with Gasteiger partial charge in [0.2, 0.25) is 0 Å². The van der Waals surface area contributed by atoms with Gasteiger partial charge in [-0.3, -0.25) is 0 Å². The Labute approximate surface area is 127 Å². The van der Waals surface area contributed by atoms with Crippen molar-refractivity contribution in [3.05, 3.63) is 77.5 Å². The van der Waals surface area contributed by atoms with Crippen molar-refractivity contribution >= 4 is 5.57 Å². The van der Waals surface area contributed by atoms with Gasteiger partial charge in [-0.05, 0) is 66.4 Å². The van der Waals surface area contributed by atoms with Gasteiger partial charge in [0.1, 0.15) is 0 Å². The molecule has 21 heavy (non-hydrogen) atoms. The number of allylic oxidation sites excluding steroid dienone is 6. The summed E-state index contributed by atoms with van der Waals surface area (Å²) < 4.78 is 0. The van der Waals surface area contributed by atoms with E-state index in [1.807, 2.05) is 19.1 Å². The van der Waals surface area contributed by atoms with Crippen LogP contribution >= 0.6 is 0 Å². The molecule has 1 nitrogen and oxygen atoms in total. The molecular formula is C20H23N. The molecular weight excluding hydrogens is 254 g/mol. The second-order valence-electron chi connectivity index (χ2n) is 6.38. The van der Waals surface area contributed by atoms with Crippen molar-refractivity contribution in [3.8, 4) is 0 Å². The first-order valence-electron chi connectivity index (χ1n) is 7.64. The zero-order valence-electron chi connectivity index (χ0n) is 12.8. The molecule has 1 aromatic rings. The van der Waals surface area contributed by atoms with E-state index >= 15 is 0 Å². The molecule has 2 aliphatic rings. The second-order valence-corrected chi connectivity index (χ2v) is 6.38. The largest absolute Gasteiger partial charge is 0.399 e. The number of nitrogens with two attached hydrogens (primary N) is 1. The van der Waals surface area contributed by atoms with Gasteiger partial charge in [0, 0.05) is 5.70 Å². The predicted octanol–water partition coefficient (Wildman–Crippen LogP) is 4.80. The molecule has 0 heterocycles. The monoisotopic (exact) mass is 277 g/mol. The van der Waals surface area contributed by atoms with Crippen molar-refractivity contribution in [1.29, 1.82) is 0 Å². The SMILES string of the molecule is C=C(N)/C=C(C)/C=C\C=C(/C)c1ccc(C2C3CC32)cc1. The molecule has 108 valence electrons. The molecule has 1 aromatic carbocycles. The van der Waals surface area contributed by atoms with Gasteiger partial charge in [-0.15, -0.1) is 0 Å². The van der Waals surface area contributed by atoms with Crippen LogP contribution < -0.4 is 5.73 Å². The highest BCUT2D eigenvalue weighted by Crippen LogP contribution is 2.73. The van der Waals surface area contributed by atoms with E-state index in [4.69, 9.17) is 5.73 Å². The molecule has 2 N–H and O–H groups in total. The normalized spacial score (nSPS) is 27.6. The highest BCUT2D eigenvalue weighted by molar-refractivity contribution is 5.65. The van der Waals surface area contributed by atoms with Crippen molar-refractivity contribution in [2.24, 2.45) is 17.6 Å². The van der Waals surface area contributed by atoms with Crippen molar-refractivity contribution in [3.63, 3.8) is 0 Å². The summed E-state index contributed by atoms with van der Waals surface area (Å²) in [6.07, 6.45) is 9.59. The summed E-state index contributed by atoms with van der Waals surface area (Å²) >= 11 is 0. The third-order valence-electron chi connectivity index (χ3n) is 4.54. The summed E-state index contributed by atoms with van der Waals surface area (Å²) in [5, 5.41) is 0. The average molecular weight is 277 g/mol. The minimum Gasteiger partial charge on any atom is -0.399 e. The van der Waals surface area contributed by atoms with Gasteiger partial charge in [-0.25, -0.2) is 0 Å². The molecule has 0 amide bonds. The number of rotatable bonds is 5. The molecule has 0 radical (unpaired) electrons. The molecule has 2 saturated carbocycles. The lowest BCUT2D eigenvalue weighted by atomic mass is 9.99. The van der Waals surface area contributed by atoms with Crippen molar-refractivity contribution < 1.29 is 0 Å². The molecule has 2 unspecified atom stereocenters. The van der Waals surface area contributed by atoms with Crippen LogP contribution in [0.1, 0.15) is 37.3 Å². The molecule has 2 fully saturated rings. The topological polar surface area (TPSA) is 26.0 Å². The summed E-state index contributed by atoms with van der Waals surface area (Å²) in [5.41, 5.74) is 11.3. The summed E-state index contributed by atoms with van der Waals surface area (Å²) in [4.78, 5) is 0. The highest BCUT2D eigenvalue weighted by Gasteiger charge is 2.64. The van der Waals surface area contributed by atoms with E-state index in [1.165, 1.54) is 23.1 Å². The Kier molecular flexibility index (Phi) is 3.59. The highest BCUT2D eigenvalue weighted by atomic mass is 14.7. The van der Waals surface area contributed by atoms with E-state index in [9.17, 15) is 0 Å². The summed E-state index contributed by atoms with van der Waals surface area (Å²) in [6, 6.07) is 9.10. The maximum absolute atomic E-state index is 5.55. The fraction of sp³-hybridized carbons (Fsp3) is 0.300. The quantitative estimate of drug-likeness (QED) is 0.769. The minimum atomic E-state index is 0.589. The van der Waals surface area contributed by atoms with E-state index < -0.39 is 0 Å². The lowest BCUT2D eigenvalue weighted by Crippen LogP contribution is -1.89. The summed E-state index contributed by atoms with van der Waals surface area (Å²) in [5.74, 6) is 2.95. The zero-order valence-corrected chi connectivity index (χ0v) is 12.8. The van der Waals surface area contributed by atoms with Crippen molar-refractivity contribution in [2.45, 2.75) is 26.2 Å². The second kappa shape index (κ2) is 5.40. The number of hydrogen-bond donors (Lipinski definition) is 1. The number of hydrogen-bond acceptors (Lipinski definition) is 1. The van der Waals surface area contributed by atoms with Gasteiger partial charge in [0.15, 0.2) is 0 Å². The molecule has 0 saturated heterocycles. The minimum absolute atomic E-state index is 0.589. The Balaban J connectivity index is 1.63. The van der Waals surface area contributed by atoms with Crippen LogP contribution in [0.25, 0.3) is 5.57 Å². The van der Waals surface area contributed by atoms with E-state index in [2.05, 4.69) is 49.9 Å². The van der Waals surface area contributed by atoms with Gasteiger partial charge in [-0.2, -0.15) is 0 Å². The molecule has 2 atom stereocenters. The van der Waals surface area contributed by atoms with E-state index in [-0.39, 0.29) is 0 Å². The van der Waals surface area contributed by atoms with Gasteiger partial charge in [-0.1, -0.05) is 49.1 Å².